The first kappa shape index (κ1) is 19.5. The zero-order chi connectivity index (χ0) is 19.2. The predicted octanol–water partition coefficient (Wildman–Crippen LogP) is 1.63. The molecule has 0 unspecified atom stereocenters. The van der Waals surface area contributed by atoms with E-state index in [0.717, 1.165) is 19.5 Å². The summed E-state index contributed by atoms with van der Waals surface area (Å²) in [5.41, 5.74) is 0.366. The van der Waals surface area contributed by atoms with Gasteiger partial charge in [0.05, 0.1) is 6.20 Å². The van der Waals surface area contributed by atoms with E-state index in [1.807, 2.05) is 13.8 Å². The van der Waals surface area contributed by atoms with Gasteiger partial charge in [0.15, 0.2) is 11.5 Å². The highest BCUT2D eigenvalue weighted by atomic mass is 16.5. The molecule has 0 spiro atoms. The van der Waals surface area contributed by atoms with E-state index < -0.39 is 0 Å². The lowest BCUT2D eigenvalue weighted by molar-refractivity contribution is 0.0790. The molecule has 9 nitrogen and oxygen atoms in total. The average Bonchev–Trinajstić information content (AvgIpc) is 3.34. The van der Waals surface area contributed by atoms with Crippen molar-refractivity contribution in [1.29, 1.82) is 0 Å². The summed E-state index contributed by atoms with van der Waals surface area (Å²) >= 11 is 0. The predicted molar refractivity (Wildman–Crippen MR) is 99.3 cm³/mol. The lowest BCUT2D eigenvalue weighted by atomic mass is 10.0. The van der Waals surface area contributed by atoms with Crippen LogP contribution in [-0.2, 0) is 13.0 Å². The van der Waals surface area contributed by atoms with Crippen molar-refractivity contribution in [3.63, 3.8) is 0 Å². The minimum Gasteiger partial charge on any atom is -0.340 e. The van der Waals surface area contributed by atoms with Crippen LogP contribution in [0.15, 0.2) is 10.7 Å². The molecule has 1 aliphatic rings. The number of aryl methyl sites for hydroxylation is 1. The topological polar surface area (TPSA) is 102 Å². The fraction of sp³-hybridized carbons (Fsp3) is 0.722. The smallest absolute Gasteiger partial charge is 0.275 e. The average molecular weight is 375 g/mol. The van der Waals surface area contributed by atoms with Crippen LogP contribution in [0.5, 0.6) is 0 Å². The molecular weight excluding hydrogens is 346 g/mol. The van der Waals surface area contributed by atoms with Gasteiger partial charge in [-0.15, -0.1) is 5.10 Å². The maximum absolute atomic E-state index is 12.5. The van der Waals surface area contributed by atoms with Crippen molar-refractivity contribution in [3.05, 3.63) is 23.6 Å². The maximum atomic E-state index is 12.5. The number of aromatic nitrogens is 5. The first-order valence-electron chi connectivity index (χ1n) is 9.74. The van der Waals surface area contributed by atoms with Crippen molar-refractivity contribution in [2.75, 3.05) is 20.1 Å². The van der Waals surface area contributed by atoms with Gasteiger partial charge < -0.3 is 14.7 Å². The van der Waals surface area contributed by atoms with Crippen LogP contribution in [0.4, 0.5) is 0 Å². The highest BCUT2D eigenvalue weighted by Crippen LogP contribution is 2.12. The fourth-order valence-corrected chi connectivity index (χ4v) is 3.13. The molecular formula is C18H29N7O2. The first-order valence-corrected chi connectivity index (χ1v) is 9.74. The van der Waals surface area contributed by atoms with Gasteiger partial charge in [-0.3, -0.25) is 9.48 Å². The highest BCUT2D eigenvalue weighted by Gasteiger charge is 2.18. The van der Waals surface area contributed by atoms with Crippen molar-refractivity contribution < 1.29 is 9.32 Å². The van der Waals surface area contributed by atoms with E-state index in [1.165, 1.54) is 19.3 Å². The largest absolute Gasteiger partial charge is 0.340 e. The van der Waals surface area contributed by atoms with Crippen molar-refractivity contribution in [2.24, 2.45) is 0 Å². The Balaban J connectivity index is 1.47. The molecule has 0 bridgehead atoms. The Hall–Kier alpha value is -2.29. The number of hydrogen-bond acceptors (Lipinski definition) is 7. The fourth-order valence-electron chi connectivity index (χ4n) is 3.13. The second kappa shape index (κ2) is 9.07. The van der Waals surface area contributed by atoms with Crippen LogP contribution in [-0.4, -0.2) is 62.1 Å². The summed E-state index contributed by atoms with van der Waals surface area (Å²) in [6.45, 7) is 6.36. The van der Waals surface area contributed by atoms with Gasteiger partial charge in [-0.05, 0) is 25.8 Å². The summed E-state index contributed by atoms with van der Waals surface area (Å²) in [6.07, 6.45) is 7.02. The van der Waals surface area contributed by atoms with Crippen molar-refractivity contribution in [3.8, 4) is 0 Å². The molecule has 1 atom stereocenters. The number of hydrogen-bond donors (Lipinski definition) is 1. The molecule has 27 heavy (non-hydrogen) atoms. The molecule has 3 rings (SSSR count). The van der Waals surface area contributed by atoms with E-state index in [1.54, 1.807) is 22.8 Å². The Labute approximate surface area is 159 Å². The number of nitrogens with one attached hydrogen (secondary N) is 1. The second-order valence-electron chi connectivity index (χ2n) is 7.48. The highest BCUT2D eigenvalue weighted by molar-refractivity contribution is 5.91. The monoisotopic (exact) mass is 375 g/mol. The van der Waals surface area contributed by atoms with Gasteiger partial charge in [0, 0.05) is 38.5 Å². The molecule has 9 heteroatoms. The zero-order valence-electron chi connectivity index (χ0n) is 16.4. The van der Waals surface area contributed by atoms with E-state index in [-0.39, 0.29) is 11.8 Å². The van der Waals surface area contributed by atoms with Gasteiger partial charge in [-0.1, -0.05) is 30.6 Å². The lowest BCUT2D eigenvalue weighted by Crippen LogP contribution is -2.34. The molecule has 1 aliphatic heterocycles. The van der Waals surface area contributed by atoms with Gasteiger partial charge in [0.25, 0.3) is 5.91 Å². The van der Waals surface area contributed by atoms with E-state index in [4.69, 9.17) is 4.52 Å². The van der Waals surface area contributed by atoms with Gasteiger partial charge in [0.1, 0.15) is 0 Å². The molecule has 1 fully saturated rings. The molecule has 1 N–H and O–H groups in total. The van der Waals surface area contributed by atoms with E-state index in [0.29, 0.717) is 36.4 Å². The molecule has 0 aromatic carbocycles. The molecule has 1 amide bonds. The molecule has 2 aromatic heterocycles. The van der Waals surface area contributed by atoms with Gasteiger partial charge in [0.2, 0.25) is 5.89 Å². The summed E-state index contributed by atoms with van der Waals surface area (Å²) in [5, 5.41) is 15.6. The van der Waals surface area contributed by atoms with Crippen LogP contribution in [0.1, 0.15) is 67.7 Å². The third-order valence-corrected chi connectivity index (χ3v) is 4.87. The number of amides is 1. The normalized spacial score (nSPS) is 17.4. The number of rotatable bonds is 8. The SMILES string of the molecule is CC(C)c1nc(CCN(C)C(=O)c2cn(CC[C@H]3CCCCN3)nn2)no1. The number of carbonyl (C=O) groups is 1. The summed E-state index contributed by atoms with van der Waals surface area (Å²) in [4.78, 5) is 18.5. The molecule has 0 radical (unpaired) electrons. The molecule has 0 aliphatic carbocycles. The summed E-state index contributed by atoms with van der Waals surface area (Å²) < 4.78 is 6.94. The van der Waals surface area contributed by atoms with Crippen molar-refractivity contribution >= 4 is 5.91 Å². The number of carbonyl (C=O) groups excluding carboxylic acids is 1. The van der Waals surface area contributed by atoms with E-state index in [2.05, 4.69) is 25.8 Å². The van der Waals surface area contributed by atoms with Crippen molar-refractivity contribution in [2.45, 2.75) is 64.5 Å². The molecule has 148 valence electrons. The quantitative estimate of drug-likeness (QED) is 0.748. The Morgan fingerprint density at radius 2 is 2.30 bits per heavy atom. The summed E-state index contributed by atoms with van der Waals surface area (Å²) in [5.74, 6) is 1.28. The summed E-state index contributed by atoms with van der Waals surface area (Å²) in [6, 6.07) is 0.537. The van der Waals surface area contributed by atoms with Gasteiger partial charge in [-0.2, -0.15) is 4.98 Å². The lowest BCUT2D eigenvalue weighted by Gasteiger charge is -2.23. The zero-order valence-corrected chi connectivity index (χ0v) is 16.4. The molecule has 1 saturated heterocycles. The molecule has 0 saturated carbocycles. The van der Waals surface area contributed by atoms with Crippen LogP contribution in [0.25, 0.3) is 0 Å². The van der Waals surface area contributed by atoms with E-state index in [9.17, 15) is 4.79 Å². The van der Waals surface area contributed by atoms with E-state index >= 15 is 0 Å². The minimum absolute atomic E-state index is 0.149. The summed E-state index contributed by atoms with van der Waals surface area (Å²) in [7, 11) is 1.75. The van der Waals surface area contributed by atoms with Gasteiger partial charge in [-0.25, -0.2) is 0 Å². The van der Waals surface area contributed by atoms with Crippen molar-refractivity contribution in [1.82, 2.24) is 35.4 Å². The maximum Gasteiger partial charge on any atom is 0.275 e. The van der Waals surface area contributed by atoms with Crippen LogP contribution < -0.4 is 5.32 Å². The van der Waals surface area contributed by atoms with Crippen LogP contribution in [0.2, 0.25) is 0 Å². The molecule has 2 aromatic rings. The number of likely N-dealkylation sites (N-methyl/N-ethyl adjacent to an activating group) is 1. The van der Waals surface area contributed by atoms with Crippen LogP contribution >= 0.6 is 0 Å². The Bertz CT molecular complexity index is 734. The standard InChI is InChI=1S/C18H29N7O2/c1-13(2)17-20-16(22-27-17)8-10-24(3)18(26)15-12-25(23-21-15)11-7-14-6-4-5-9-19-14/h12-14,19H,4-11H2,1-3H3/t14-/m1/s1. The number of piperidine rings is 1. The Kier molecular flexibility index (Phi) is 6.54. The number of nitrogens with zero attached hydrogens (tertiary/aromatic N) is 6. The first-order chi connectivity index (χ1) is 13.0. The Morgan fingerprint density at radius 1 is 1.44 bits per heavy atom. The molecule has 3 heterocycles. The van der Waals surface area contributed by atoms with Crippen LogP contribution in [0, 0.1) is 0 Å². The van der Waals surface area contributed by atoms with Crippen LogP contribution in [0.3, 0.4) is 0 Å². The third-order valence-electron chi connectivity index (χ3n) is 4.87. The second-order valence-corrected chi connectivity index (χ2v) is 7.48. The van der Waals surface area contributed by atoms with Gasteiger partial charge >= 0.3 is 0 Å². The Morgan fingerprint density at radius 3 is 3.00 bits per heavy atom. The minimum atomic E-state index is -0.149. The third kappa shape index (κ3) is 5.35.